The molecule has 0 spiro atoms. The van der Waals surface area contributed by atoms with Gasteiger partial charge in [-0.3, -0.25) is 14.4 Å². The Bertz CT molecular complexity index is 1280. The number of amides is 2. The van der Waals surface area contributed by atoms with Crippen LogP contribution in [0.5, 0.6) is 5.75 Å². The third-order valence-electron chi connectivity index (χ3n) is 5.35. The Kier molecular flexibility index (Phi) is 6.97. The Balaban J connectivity index is 1.62. The summed E-state index contributed by atoms with van der Waals surface area (Å²) >= 11 is 5.99. The van der Waals surface area contributed by atoms with Gasteiger partial charge in [0.05, 0.1) is 17.3 Å². The van der Waals surface area contributed by atoms with Crippen molar-refractivity contribution in [2.75, 3.05) is 13.2 Å². The number of aromatic nitrogens is 4. The number of rotatable bonds is 9. The van der Waals surface area contributed by atoms with Crippen molar-refractivity contribution in [3.63, 3.8) is 0 Å². The van der Waals surface area contributed by atoms with E-state index in [1.807, 2.05) is 6.92 Å². The molecule has 0 bridgehead atoms. The molecule has 2 N–H and O–H groups in total. The van der Waals surface area contributed by atoms with E-state index in [1.165, 1.54) is 27.6 Å². The molecule has 2 aromatic heterocycles. The van der Waals surface area contributed by atoms with Crippen LogP contribution in [0.25, 0.3) is 5.69 Å². The number of hydrogen-bond donors (Lipinski definition) is 2. The molecule has 2 amide bonds. The number of nitrogens with one attached hydrogen (secondary N) is 2. The van der Waals surface area contributed by atoms with Crippen molar-refractivity contribution in [2.24, 2.45) is 0 Å². The van der Waals surface area contributed by atoms with Crippen LogP contribution < -0.4 is 20.9 Å². The average molecular weight is 485 g/mol. The number of halogens is 1. The predicted octanol–water partition coefficient (Wildman–Crippen LogP) is 2.11. The van der Waals surface area contributed by atoms with Crippen molar-refractivity contribution < 1.29 is 14.3 Å². The van der Waals surface area contributed by atoms with Crippen LogP contribution in [0.4, 0.5) is 0 Å². The molecule has 1 saturated carbocycles. The average Bonchev–Trinajstić information content (AvgIpc) is 3.55. The van der Waals surface area contributed by atoms with Crippen LogP contribution in [0.1, 0.15) is 46.3 Å². The van der Waals surface area contributed by atoms with Gasteiger partial charge in [0.1, 0.15) is 18.0 Å². The maximum absolute atomic E-state index is 12.5. The zero-order chi connectivity index (χ0) is 24.2. The van der Waals surface area contributed by atoms with Gasteiger partial charge in [0, 0.05) is 30.4 Å². The minimum Gasteiger partial charge on any atom is -0.489 e. The molecule has 0 unspecified atom stereocenters. The van der Waals surface area contributed by atoms with Crippen molar-refractivity contribution in [3.05, 3.63) is 68.9 Å². The lowest BCUT2D eigenvalue weighted by molar-refractivity contribution is 0.0940. The lowest BCUT2D eigenvalue weighted by atomic mass is 10.1. The molecule has 34 heavy (non-hydrogen) atoms. The van der Waals surface area contributed by atoms with E-state index in [0.29, 0.717) is 34.3 Å². The summed E-state index contributed by atoms with van der Waals surface area (Å²) in [5.74, 6) is -0.154. The third kappa shape index (κ3) is 5.28. The summed E-state index contributed by atoms with van der Waals surface area (Å²) in [6, 6.07) is 8.06. The van der Waals surface area contributed by atoms with Crippen LogP contribution in [0, 0.1) is 6.92 Å². The second-order valence-electron chi connectivity index (χ2n) is 7.95. The first-order valence-corrected chi connectivity index (χ1v) is 11.4. The molecular weight excluding hydrogens is 460 g/mol. The fourth-order valence-corrected chi connectivity index (χ4v) is 3.57. The SMILES string of the molecule is CCNC(=O)c1ccc(-n2nnc(C(=O)NC3CC3)c2C)c(OCCn2cc(Cl)ccc2=O)c1. The molecule has 1 aromatic carbocycles. The van der Waals surface area contributed by atoms with E-state index < -0.39 is 0 Å². The highest BCUT2D eigenvalue weighted by atomic mass is 35.5. The zero-order valence-electron chi connectivity index (χ0n) is 18.9. The number of carbonyl (C=O) groups excluding carboxylic acids is 2. The van der Waals surface area contributed by atoms with Gasteiger partial charge in [-0.05, 0) is 51.0 Å². The molecule has 0 aliphatic heterocycles. The van der Waals surface area contributed by atoms with Crippen molar-refractivity contribution in [3.8, 4) is 11.4 Å². The molecule has 1 fully saturated rings. The number of ether oxygens (including phenoxy) is 1. The topological polar surface area (TPSA) is 120 Å². The van der Waals surface area contributed by atoms with Crippen molar-refractivity contribution in [2.45, 2.75) is 39.3 Å². The first kappa shape index (κ1) is 23.5. The Morgan fingerprint density at radius 1 is 1.21 bits per heavy atom. The number of nitrogens with zero attached hydrogens (tertiary/aromatic N) is 4. The molecule has 1 aliphatic rings. The van der Waals surface area contributed by atoms with Crippen LogP contribution in [0.2, 0.25) is 5.02 Å². The minimum absolute atomic E-state index is 0.134. The van der Waals surface area contributed by atoms with Crippen molar-refractivity contribution in [1.29, 1.82) is 0 Å². The summed E-state index contributed by atoms with van der Waals surface area (Å²) in [4.78, 5) is 36.9. The molecule has 2 heterocycles. The Morgan fingerprint density at radius 2 is 2.00 bits per heavy atom. The Labute approximate surface area is 200 Å². The minimum atomic E-state index is -0.270. The predicted molar refractivity (Wildman–Crippen MR) is 126 cm³/mol. The number of hydrogen-bond acceptors (Lipinski definition) is 6. The first-order chi connectivity index (χ1) is 16.4. The Morgan fingerprint density at radius 3 is 2.74 bits per heavy atom. The van der Waals surface area contributed by atoms with Crippen LogP contribution >= 0.6 is 11.6 Å². The van der Waals surface area contributed by atoms with Crippen LogP contribution in [0.3, 0.4) is 0 Å². The van der Waals surface area contributed by atoms with E-state index in [-0.39, 0.29) is 42.3 Å². The summed E-state index contributed by atoms with van der Waals surface area (Å²) in [5.41, 5.74) is 1.49. The van der Waals surface area contributed by atoms with Gasteiger partial charge in [-0.25, -0.2) is 4.68 Å². The van der Waals surface area contributed by atoms with Crippen LogP contribution in [-0.2, 0) is 6.54 Å². The van der Waals surface area contributed by atoms with E-state index >= 15 is 0 Å². The van der Waals surface area contributed by atoms with Gasteiger partial charge in [-0.1, -0.05) is 16.8 Å². The number of carbonyl (C=O) groups is 2. The fraction of sp³-hybridized carbons (Fsp3) is 0.348. The van der Waals surface area contributed by atoms with Gasteiger partial charge < -0.3 is 19.9 Å². The largest absolute Gasteiger partial charge is 0.489 e. The molecule has 0 saturated heterocycles. The molecule has 4 rings (SSSR count). The molecule has 0 atom stereocenters. The van der Waals surface area contributed by atoms with Gasteiger partial charge in [-0.2, -0.15) is 0 Å². The Hall–Kier alpha value is -3.66. The summed E-state index contributed by atoms with van der Waals surface area (Å²) in [5, 5.41) is 14.3. The van der Waals surface area contributed by atoms with Gasteiger partial charge in [-0.15, -0.1) is 5.10 Å². The highest BCUT2D eigenvalue weighted by Crippen LogP contribution is 2.26. The van der Waals surface area contributed by atoms with E-state index in [0.717, 1.165) is 12.8 Å². The van der Waals surface area contributed by atoms with E-state index in [9.17, 15) is 14.4 Å². The molecule has 3 aromatic rings. The molecular formula is C23H25ClN6O4. The van der Waals surface area contributed by atoms with E-state index in [1.54, 1.807) is 25.1 Å². The summed E-state index contributed by atoms with van der Waals surface area (Å²) in [7, 11) is 0. The maximum atomic E-state index is 12.5. The van der Waals surface area contributed by atoms with Crippen LogP contribution in [0.15, 0.2) is 41.3 Å². The number of benzene rings is 1. The summed E-state index contributed by atoms with van der Waals surface area (Å²) in [6.07, 6.45) is 3.47. The lowest BCUT2D eigenvalue weighted by Gasteiger charge is -2.15. The van der Waals surface area contributed by atoms with E-state index in [4.69, 9.17) is 16.3 Å². The van der Waals surface area contributed by atoms with Crippen molar-refractivity contribution >= 4 is 23.4 Å². The summed E-state index contributed by atoms with van der Waals surface area (Å²) < 4.78 is 8.93. The summed E-state index contributed by atoms with van der Waals surface area (Å²) in [6.45, 7) is 4.44. The zero-order valence-corrected chi connectivity index (χ0v) is 19.6. The molecule has 0 radical (unpaired) electrons. The lowest BCUT2D eigenvalue weighted by Crippen LogP contribution is -2.26. The standard InChI is InChI=1S/C23H25ClN6O4/c1-3-25-22(32)15-4-8-18(30-14(2)21(27-28-30)23(33)26-17-6-7-17)19(12-15)34-11-10-29-13-16(24)5-9-20(29)31/h4-5,8-9,12-13,17H,3,6-7,10-11H2,1-2H3,(H,25,32)(H,26,33). The molecule has 10 nitrogen and oxygen atoms in total. The first-order valence-electron chi connectivity index (χ1n) is 11.0. The monoisotopic (exact) mass is 484 g/mol. The van der Waals surface area contributed by atoms with Gasteiger partial charge >= 0.3 is 0 Å². The highest BCUT2D eigenvalue weighted by molar-refractivity contribution is 6.30. The number of pyridine rings is 1. The van der Waals surface area contributed by atoms with E-state index in [2.05, 4.69) is 20.9 Å². The second kappa shape index (κ2) is 10.1. The van der Waals surface area contributed by atoms with Gasteiger partial charge in [0.2, 0.25) is 0 Å². The highest BCUT2D eigenvalue weighted by Gasteiger charge is 2.27. The fourth-order valence-electron chi connectivity index (χ4n) is 3.39. The molecule has 178 valence electrons. The second-order valence-corrected chi connectivity index (χ2v) is 8.39. The maximum Gasteiger partial charge on any atom is 0.273 e. The smallest absolute Gasteiger partial charge is 0.273 e. The molecule has 11 heteroatoms. The quantitative estimate of drug-likeness (QED) is 0.480. The third-order valence-corrected chi connectivity index (χ3v) is 5.57. The normalized spacial score (nSPS) is 12.9. The van der Waals surface area contributed by atoms with Gasteiger partial charge in [0.25, 0.3) is 17.4 Å². The molecule has 1 aliphatic carbocycles. The van der Waals surface area contributed by atoms with Crippen LogP contribution in [-0.4, -0.2) is 50.6 Å². The van der Waals surface area contributed by atoms with Crippen molar-refractivity contribution in [1.82, 2.24) is 30.2 Å². The van der Waals surface area contributed by atoms with Gasteiger partial charge in [0.15, 0.2) is 5.69 Å².